The summed E-state index contributed by atoms with van der Waals surface area (Å²) in [5.41, 5.74) is 8.16. The van der Waals surface area contributed by atoms with Crippen molar-refractivity contribution in [2.24, 2.45) is 0 Å². The third kappa shape index (κ3) is 2.14. The summed E-state index contributed by atoms with van der Waals surface area (Å²) in [4.78, 5) is 0. The molecule has 2 N–H and O–H groups in total. The minimum atomic E-state index is 0.579. The number of aromatic nitrogens is 2. The number of anilines is 1. The molecule has 1 aromatic heterocycles. The lowest BCUT2D eigenvalue weighted by Crippen LogP contribution is -1.95. The van der Waals surface area contributed by atoms with Crippen molar-refractivity contribution >= 4 is 28.1 Å². The van der Waals surface area contributed by atoms with Gasteiger partial charge in [0.2, 0.25) is 0 Å². The molecule has 4 nitrogen and oxygen atoms in total. The fraction of sp³-hybridized carbons (Fsp3) is 0.0667. The lowest BCUT2D eigenvalue weighted by Gasteiger charge is -2.09. The Labute approximate surface area is 121 Å². The van der Waals surface area contributed by atoms with Crippen molar-refractivity contribution in [3.05, 3.63) is 47.6 Å². The first kappa shape index (κ1) is 12.7. The van der Waals surface area contributed by atoms with Crippen LogP contribution in [0.2, 0.25) is 5.02 Å². The summed E-state index contributed by atoms with van der Waals surface area (Å²) in [6.45, 7) is 0. The summed E-state index contributed by atoms with van der Waals surface area (Å²) in [6, 6.07) is 11.1. The average Bonchev–Trinajstić information content (AvgIpc) is 2.46. The Kier molecular flexibility index (Phi) is 3.16. The van der Waals surface area contributed by atoms with Gasteiger partial charge in [0.05, 0.1) is 13.3 Å². The maximum atomic E-state index is 6.02. The Bertz CT molecular complexity index is 789. The second-order valence-corrected chi connectivity index (χ2v) is 4.81. The molecule has 0 saturated heterocycles. The van der Waals surface area contributed by atoms with Crippen LogP contribution >= 0.6 is 11.6 Å². The van der Waals surface area contributed by atoms with Gasteiger partial charge in [-0.2, -0.15) is 5.10 Å². The number of methoxy groups -OCH3 is 1. The third-order valence-corrected chi connectivity index (χ3v) is 3.37. The molecule has 100 valence electrons. The number of hydrogen-bond acceptors (Lipinski definition) is 4. The molecule has 0 spiro atoms. The number of nitrogen functional groups attached to an aromatic ring is 1. The monoisotopic (exact) mass is 285 g/mol. The summed E-state index contributed by atoms with van der Waals surface area (Å²) < 4.78 is 5.22. The van der Waals surface area contributed by atoms with E-state index in [1.165, 1.54) is 0 Å². The largest absolute Gasteiger partial charge is 0.497 e. The van der Waals surface area contributed by atoms with E-state index in [-0.39, 0.29) is 0 Å². The highest BCUT2D eigenvalue weighted by atomic mass is 35.5. The van der Waals surface area contributed by atoms with Gasteiger partial charge in [-0.1, -0.05) is 11.6 Å². The zero-order chi connectivity index (χ0) is 14.1. The first-order valence-corrected chi connectivity index (χ1v) is 6.41. The van der Waals surface area contributed by atoms with Crippen molar-refractivity contribution in [1.29, 1.82) is 0 Å². The van der Waals surface area contributed by atoms with E-state index < -0.39 is 0 Å². The molecule has 0 radical (unpaired) electrons. The lowest BCUT2D eigenvalue weighted by atomic mass is 10.0. The van der Waals surface area contributed by atoms with E-state index in [1.54, 1.807) is 25.4 Å². The van der Waals surface area contributed by atoms with Crippen LogP contribution in [0.25, 0.3) is 22.0 Å². The minimum Gasteiger partial charge on any atom is -0.497 e. The van der Waals surface area contributed by atoms with Crippen LogP contribution in [0.5, 0.6) is 5.75 Å². The zero-order valence-electron chi connectivity index (χ0n) is 10.8. The summed E-state index contributed by atoms with van der Waals surface area (Å²) in [5.74, 6) is 0.778. The molecule has 0 fully saturated rings. The van der Waals surface area contributed by atoms with Crippen molar-refractivity contribution in [3.8, 4) is 17.0 Å². The van der Waals surface area contributed by atoms with Gasteiger partial charge in [0, 0.05) is 27.0 Å². The average molecular weight is 286 g/mol. The second-order valence-electron chi connectivity index (χ2n) is 4.38. The number of nitrogens with zero attached hydrogens (tertiary/aromatic N) is 2. The van der Waals surface area contributed by atoms with Crippen molar-refractivity contribution in [2.75, 3.05) is 12.8 Å². The maximum absolute atomic E-state index is 6.02. The number of halogens is 1. The molecule has 5 heteroatoms. The van der Waals surface area contributed by atoms with Crippen molar-refractivity contribution in [3.63, 3.8) is 0 Å². The predicted octanol–water partition coefficient (Wildman–Crippen LogP) is 3.54. The number of rotatable bonds is 2. The first-order chi connectivity index (χ1) is 9.69. The molecule has 0 aliphatic rings. The molecule has 2 aromatic carbocycles. The van der Waals surface area contributed by atoms with Gasteiger partial charge in [-0.05, 0) is 36.4 Å². The molecule has 0 amide bonds. The van der Waals surface area contributed by atoms with E-state index >= 15 is 0 Å². The molecule has 1 heterocycles. The van der Waals surface area contributed by atoms with Crippen LogP contribution in [-0.4, -0.2) is 17.3 Å². The molecule has 0 saturated carbocycles. The van der Waals surface area contributed by atoms with Crippen LogP contribution in [0.3, 0.4) is 0 Å². The smallest absolute Gasteiger partial charge is 0.119 e. The quantitative estimate of drug-likeness (QED) is 0.732. The molecule has 20 heavy (non-hydrogen) atoms. The Morgan fingerprint density at radius 2 is 2.00 bits per heavy atom. The van der Waals surface area contributed by atoms with E-state index in [2.05, 4.69) is 10.2 Å². The number of ether oxygens (including phenoxy) is 1. The summed E-state index contributed by atoms with van der Waals surface area (Å²) in [5, 5.41) is 10.8. The van der Waals surface area contributed by atoms with Gasteiger partial charge in [-0.25, -0.2) is 0 Å². The van der Waals surface area contributed by atoms with Crippen LogP contribution in [0, 0.1) is 0 Å². The van der Waals surface area contributed by atoms with Gasteiger partial charge in [-0.3, -0.25) is 0 Å². The third-order valence-electron chi connectivity index (χ3n) is 3.14. The van der Waals surface area contributed by atoms with Gasteiger partial charge in [-0.15, -0.1) is 5.10 Å². The molecule has 0 aliphatic heterocycles. The molecule has 0 aliphatic carbocycles. The molecule has 0 atom stereocenters. The van der Waals surface area contributed by atoms with Crippen molar-refractivity contribution in [2.45, 2.75) is 0 Å². The molecule has 3 rings (SSSR count). The predicted molar refractivity (Wildman–Crippen MR) is 80.9 cm³/mol. The van der Waals surface area contributed by atoms with Gasteiger partial charge in [0.1, 0.15) is 11.4 Å². The van der Waals surface area contributed by atoms with Crippen LogP contribution in [-0.2, 0) is 0 Å². The molecular weight excluding hydrogens is 274 g/mol. The van der Waals surface area contributed by atoms with Gasteiger partial charge < -0.3 is 10.5 Å². The van der Waals surface area contributed by atoms with Gasteiger partial charge >= 0.3 is 0 Å². The standard InChI is InChI=1S/C15H12ClN3O/c1-20-11-3-5-12-9(6-11)8-18-19-15(12)13-4-2-10(16)7-14(13)17/h2-8H,17H2,1H3. The van der Waals surface area contributed by atoms with Crippen LogP contribution in [0.4, 0.5) is 5.69 Å². The SMILES string of the molecule is COc1ccc2c(-c3ccc(Cl)cc3N)nncc2c1. The molecular formula is C15H12ClN3O. The Balaban J connectivity index is 2.25. The van der Waals surface area contributed by atoms with Gasteiger partial charge in [0.15, 0.2) is 0 Å². The highest BCUT2D eigenvalue weighted by molar-refractivity contribution is 6.31. The molecule has 0 bridgehead atoms. The highest BCUT2D eigenvalue weighted by Gasteiger charge is 2.10. The fourth-order valence-electron chi connectivity index (χ4n) is 2.14. The van der Waals surface area contributed by atoms with E-state index in [4.69, 9.17) is 22.1 Å². The number of nitrogens with two attached hydrogens (primary N) is 1. The fourth-order valence-corrected chi connectivity index (χ4v) is 2.32. The summed E-state index contributed by atoms with van der Waals surface area (Å²) >= 11 is 5.93. The Morgan fingerprint density at radius 3 is 2.75 bits per heavy atom. The summed E-state index contributed by atoms with van der Waals surface area (Å²) in [7, 11) is 1.63. The summed E-state index contributed by atoms with van der Waals surface area (Å²) in [6.07, 6.45) is 1.70. The van der Waals surface area contributed by atoms with Crippen molar-refractivity contribution in [1.82, 2.24) is 10.2 Å². The number of fused-ring (bicyclic) bond motifs is 1. The second kappa shape index (κ2) is 4.98. The van der Waals surface area contributed by atoms with Crippen molar-refractivity contribution < 1.29 is 4.74 Å². The van der Waals surface area contributed by atoms with Crippen LogP contribution < -0.4 is 10.5 Å². The molecule has 0 unspecified atom stereocenters. The Hall–Kier alpha value is -2.33. The van der Waals surface area contributed by atoms with E-state index in [0.717, 1.165) is 27.8 Å². The first-order valence-electron chi connectivity index (χ1n) is 6.04. The topological polar surface area (TPSA) is 61.0 Å². The lowest BCUT2D eigenvalue weighted by molar-refractivity contribution is 0.415. The van der Waals surface area contributed by atoms with E-state index in [0.29, 0.717) is 10.7 Å². The zero-order valence-corrected chi connectivity index (χ0v) is 11.6. The van der Waals surface area contributed by atoms with E-state index in [9.17, 15) is 0 Å². The van der Waals surface area contributed by atoms with Crippen LogP contribution in [0.15, 0.2) is 42.6 Å². The van der Waals surface area contributed by atoms with Gasteiger partial charge in [0.25, 0.3) is 0 Å². The van der Waals surface area contributed by atoms with E-state index in [1.807, 2.05) is 24.3 Å². The highest BCUT2D eigenvalue weighted by Crippen LogP contribution is 2.32. The molecule has 3 aromatic rings. The van der Waals surface area contributed by atoms with Crippen LogP contribution in [0.1, 0.15) is 0 Å². The normalized spacial score (nSPS) is 10.7. The number of hydrogen-bond donors (Lipinski definition) is 1. The number of benzene rings is 2. The maximum Gasteiger partial charge on any atom is 0.119 e. The Morgan fingerprint density at radius 1 is 1.15 bits per heavy atom. The minimum absolute atomic E-state index is 0.579.